The molecule has 5 heteroatoms. The van der Waals surface area contributed by atoms with Gasteiger partial charge in [0.1, 0.15) is 0 Å². The zero-order chi connectivity index (χ0) is 9.84. The summed E-state index contributed by atoms with van der Waals surface area (Å²) in [5, 5.41) is 11.7. The molecule has 0 aromatic carbocycles. The van der Waals surface area contributed by atoms with Gasteiger partial charge in [-0.2, -0.15) is 0 Å². The summed E-state index contributed by atoms with van der Waals surface area (Å²) in [5.41, 5.74) is 0. The van der Waals surface area contributed by atoms with E-state index in [1.165, 1.54) is 7.11 Å². The minimum atomic E-state index is -0.942. The minimum absolute atomic E-state index is 0.342. The number of aliphatic carboxylic acids is 1. The Morgan fingerprint density at radius 3 is 2.69 bits per heavy atom. The lowest BCUT2D eigenvalue weighted by Gasteiger charge is -2.26. The summed E-state index contributed by atoms with van der Waals surface area (Å²) < 4.78 is 4.54. The Kier molecular flexibility index (Phi) is 3.25. The first-order chi connectivity index (χ1) is 6.16. The van der Waals surface area contributed by atoms with Crippen LogP contribution in [0.4, 0.5) is 0 Å². The van der Waals surface area contributed by atoms with Crippen LogP contribution in [0.1, 0.15) is 6.42 Å². The first-order valence-corrected chi connectivity index (χ1v) is 4.18. The summed E-state index contributed by atoms with van der Waals surface area (Å²) in [5.74, 6) is -2.51. The average Bonchev–Trinajstić information content (AvgIpc) is 2.16. The Bertz CT molecular complexity index is 216. The zero-order valence-electron chi connectivity index (χ0n) is 7.45. The fourth-order valence-corrected chi connectivity index (χ4v) is 1.55. The van der Waals surface area contributed by atoms with Crippen LogP contribution in [0.3, 0.4) is 0 Å². The van der Waals surface area contributed by atoms with E-state index in [2.05, 4.69) is 10.1 Å². The monoisotopic (exact) mass is 187 g/mol. The standard InChI is InChI=1S/C8H13NO4/c1-13-8(12)5-2-3-9-4-6(5)7(10)11/h5-6,9H,2-4H2,1H3,(H,10,11)/t5-,6-/m1/s1. The molecular formula is C8H13NO4. The highest BCUT2D eigenvalue weighted by Crippen LogP contribution is 2.20. The number of carbonyl (C=O) groups is 2. The molecule has 74 valence electrons. The first-order valence-electron chi connectivity index (χ1n) is 4.18. The first kappa shape index (κ1) is 9.98. The van der Waals surface area contributed by atoms with E-state index in [4.69, 9.17) is 5.11 Å². The van der Waals surface area contributed by atoms with Crippen molar-refractivity contribution in [1.29, 1.82) is 0 Å². The van der Waals surface area contributed by atoms with Gasteiger partial charge in [-0.25, -0.2) is 0 Å². The van der Waals surface area contributed by atoms with Crippen molar-refractivity contribution in [3.8, 4) is 0 Å². The van der Waals surface area contributed by atoms with Crippen LogP contribution in [0, 0.1) is 11.8 Å². The molecule has 0 aromatic heterocycles. The van der Waals surface area contributed by atoms with Gasteiger partial charge < -0.3 is 15.2 Å². The third-order valence-corrected chi connectivity index (χ3v) is 2.30. The molecule has 1 heterocycles. The second kappa shape index (κ2) is 4.23. The van der Waals surface area contributed by atoms with E-state index < -0.39 is 23.8 Å². The number of methoxy groups -OCH3 is 1. The summed E-state index contributed by atoms with van der Waals surface area (Å²) in [7, 11) is 1.28. The van der Waals surface area contributed by atoms with Crippen LogP contribution in [0.5, 0.6) is 0 Å². The number of esters is 1. The Labute approximate surface area is 76.1 Å². The van der Waals surface area contributed by atoms with Crippen molar-refractivity contribution in [1.82, 2.24) is 5.32 Å². The zero-order valence-corrected chi connectivity index (χ0v) is 7.45. The Balaban J connectivity index is 2.67. The van der Waals surface area contributed by atoms with Crippen LogP contribution in [0.2, 0.25) is 0 Å². The SMILES string of the molecule is COC(=O)[C@@H]1CCNC[C@H]1C(=O)O. The average molecular weight is 187 g/mol. The molecule has 2 atom stereocenters. The van der Waals surface area contributed by atoms with E-state index in [0.717, 1.165) is 0 Å². The van der Waals surface area contributed by atoms with Gasteiger partial charge >= 0.3 is 11.9 Å². The molecule has 0 aromatic rings. The summed E-state index contributed by atoms with van der Waals surface area (Å²) >= 11 is 0. The Morgan fingerprint density at radius 1 is 1.46 bits per heavy atom. The number of rotatable bonds is 2. The summed E-state index contributed by atoms with van der Waals surface area (Å²) in [6, 6.07) is 0. The minimum Gasteiger partial charge on any atom is -0.481 e. The molecule has 0 radical (unpaired) electrons. The van der Waals surface area contributed by atoms with Crippen molar-refractivity contribution in [3.05, 3.63) is 0 Å². The highest BCUT2D eigenvalue weighted by molar-refractivity contribution is 5.81. The molecule has 0 spiro atoms. The molecule has 0 saturated carbocycles. The van der Waals surface area contributed by atoms with Crippen LogP contribution in [-0.4, -0.2) is 37.2 Å². The summed E-state index contributed by atoms with van der Waals surface area (Å²) in [4.78, 5) is 21.9. The topological polar surface area (TPSA) is 75.6 Å². The Morgan fingerprint density at radius 2 is 2.15 bits per heavy atom. The number of nitrogens with one attached hydrogen (secondary N) is 1. The van der Waals surface area contributed by atoms with E-state index in [-0.39, 0.29) is 0 Å². The lowest BCUT2D eigenvalue weighted by Crippen LogP contribution is -2.44. The van der Waals surface area contributed by atoms with Crippen LogP contribution < -0.4 is 5.32 Å². The molecule has 1 fully saturated rings. The van der Waals surface area contributed by atoms with Crippen molar-refractivity contribution in [2.75, 3.05) is 20.2 Å². The van der Waals surface area contributed by atoms with Crippen molar-refractivity contribution < 1.29 is 19.4 Å². The number of carboxylic acid groups (broad SMARTS) is 1. The van der Waals surface area contributed by atoms with Gasteiger partial charge in [0, 0.05) is 6.54 Å². The van der Waals surface area contributed by atoms with Crippen molar-refractivity contribution in [3.63, 3.8) is 0 Å². The molecule has 0 unspecified atom stereocenters. The lowest BCUT2D eigenvalue weighted by atomic mass is 9.86. The maximum absolute atomic E-state index is 11.2. The van der Waals surface area contributed by atoms with Gasteiger partial charge in [0.05, 0.1) is 18.9 Å². The van der Waals surface area contributed by atoms with Crippen LogP contribution in [-0.2, 0) is 14.3 Å². The molecule has 2 N–H and O–H groups in total. The van der Waals surface area contributed by atoms with E-state index in [9.17, 15) is 9.59 Å². The van der Waals surface area contributed by atoms with Crippen molar-refractivity contribution in [2.45, 2.75) is 6.42 Å². The number of ether oxygens (including phenoxy) is 1. The second-order valence-electron chi connectivity index (χ2n) is 3.07. The smallest absolute Gasteiger partial charge is 0.309 e. The predicted octanol–water partition coefficient (Wildman–Crippen LogP) is -0.530. The second-order valence-corrected chi connectivity index (χ2v) is 3.07. The number of hydrogen-bond acceptors (Lipinski definition) is 4. The fraction of sp³-hybridized carbons (Fsp3) is 0.750. The number of hydrogen-bond donors (Lipinski definition) is 2. The van der Waals surface area contributed by atoms with Crippen molar-refractivity contribution >= 4 is 11.9 Å². The highest BCUT2D eigenvalue weighted by atomic mass is 16.5. The lowest BCUT2D eigenvalue weighted by molar-refractivity contribution is -0.156. The molecule has 1 aliphatic rings. The normalized spacial score (nSPS) is 28.1. The molecule has 13 heavy (non-hydrogen) atoms. The van der Waals surface area contributed by atoms with Crippen LogP contribution in [0.25, 0.3) is 0 Å². The van der Waals surface area contributed by atoms with E-state index in [1.807, 2.05) is 0 Å². The molecule has 1 rings (SSSR count). The largest absolute Gasteiger partial charge is 0.481 e. The molecule has 0 aliphatic carbocycles. The predicted molar refractivity (Wildman–Crippen MR) is 44.1 cm³/mol. The maximum Gasteiger partial charge on any atom is 0.309 e. The molecule has 5 nitrogen and oxygen atoms in total. The van der Waals surface area contributed by atoms with Crippen LogP contribution >= 0.6 is 0 Å². The van der Waals surface area contributed by atoms with Gasteiger partial charge in [0.15, 0.2) is 0 Å². The van der Waals surface area contributed by atoms with E-state index in [0.29, 0.717) is 19.5 Å². The van der Waals surface area contributed by atoms with Gasteiger partial charge in [-0.05, 0) is 13.0 Å². The summed E-state index contributed by atoms with van der Waals surface area (Å²) in [6.45, 7) is 1.01. The third kappa shape index (κ3) is 2.18. The highest BCUT2D eigenvalue weighted by Gasteiger charge is 2.36. The maximum atomic E-state index is 11.2. The Hall–Kier alpha value is -1.10. The third-order valence-electron chi connectivity index (χ3n) is 2.30. The van der Waals surface area contributed by atoms with Crippen molar-refractivity contribution in [2.24, 2.45) is 11.8 Å². The quantitative estimate of drug-likeness (QED) is 0.568. The van der Waals surface area contributed by atoms with E-state index >= 15 is 0 Å². The molecule has 1 saturated heterocycles. The molecule has 1 aliphatic heterocycles. The molecule has 0 bridgehead atoms. The summed E-state index contributed by atoms with van der Waals surface area (Å²) in [6.07, 6.45) is 0.531. The fourth-order valence-electron chi connectivity index (χ4n) is 1.55. The molecular weight excluding hydrogens is 174 g/mol. The van der Waals surface area contributed by atoms with Gasteiger partial charge in [0.25, 0.3) is 0 Å². The van der Waals surface area contributed by atoms with Gasteiger partial charge in [0.2, 0.25) is 0 Å². The number of piperidine rings is 1. The van der Waals surface area contributed by atoms with Gasteiger partial charge in [-0.15, -0.1) is 0 Å². The van der Waals surface area contributed by atoms with Gasteiger partial charge in [-0.1, -0.05) is 0 Å². The van der Waals surface area contributed by atoms with E-state index in [1.54, 1.807) is 0 Å². The number of carbonyl (C=O) groups excluding carboxylic acids is 1. The van der Waals surface area contributed by atoms with Gasteiger partial charge in [-0.3, -0.25) is 9.59 Å². The number of carboxylic acids is 1. The van der Waals surface area contributed by atoms with Crippen LogP contribution in [0.15, 0.2) is 0 Å². The molecule has 0 amide bonds.